The molecule has 1 heterocycles. The Hall–Kier alpha value is -4.12. The third-order valence-electron chi connectivity index (χ3n) is 5.99. The molecule has 0 saturated carbocycles. The highest BCUT2D eigenvalue weighted by Gasteiger charge is 2.27. The largest absolute Gasteiger partial charge is 0.508 e. The van der Waals surface area contributed by atoms with Gasteiger partial charge in [0.05, 0.1) is 16.8 Å². The fourth-order valence-corrected chi connectivity index (χ4v) is 4.28. The first-order valence-corrected chi connectivity index (χ1v) is 11.4. The maximum absolute atomic E-state index is 13.2. The fraction of sp³-hybridized carbons (Fsp3) is 0.172. The zero-order valence-corrected chi connectivity index (χ0v) is 19.0. The first-order valence-electron chi connectivity index (χ1n) is 11.4. The van der Waals surface area contributed by atoms with Crippen LogP contribution in [0.3, 0.4) is 0 Å². The standard InChI is InChI=1S/C29H25NO4/c1-19-6-13-23(14-7-19)33-16-17-34-29(32)27-24-4-2-3-5-26(24)30-28-21(10-15-25(27)28)18-20-8-11-22(31)12-9-20/h2-9,11-14,18,31H,10,15-17H2,1H3. The summed E-state index contributed by atoms with van der Waals surface area (Å²) in [6.45, 7) is 2.47. The summed E-state index contributed by atoms with van der Waals surface area (Å²) in [6, 6.07) is 22.5. The fourth-order valence-electron chi connectivity index (χ4n) is 4.28. The highest BCUT2D eigenvalue weighted by Crippen LogP contribution is 2.37. The molecule has 0 radical (unpaired) electrons. The Morgan fingerprint density at radius 1 is 0.971 bits per heavy atom. The predicted molar refractivity (Wildman–Crippen MR) is 133 cm³/mol. The minimum absolute atomic E-state index is 0.161. The number of aromatic nitrogens is 1. The summed E-state index contributed by atoms with van der Waals surface area (Å²) in [7, 11) is 0. The van der Waals surface area contributed by atoms with Crippen LogP contribution in [0.4, 0.5) is 0 Å². The number of ether oxygens (including phenoxy) is 2. The molecule has 5 rings (SSSR count). The van der Waals surface area contributed by atoms with Crippen LogP contribution in [0, 0.1) is 6.92 Å². The van der Waals surface area contributed by atoms with Crippen molar-refractivity contribution in [2.45, 2.75) is 19.8 Å². The number of carbonyl (C=O) groups excluding carboxylic acids is 1. The third kappa shape index (κ3) is 4.50. The van der Waals surface area contributed by atoms with Gasteiger partial charge < -0.3 is 14.6 Å². The van der Waals surface area contributed by atoms with E-state index in [0.29, 0.717) is 5.56 Å². The number of hydrogen-bond donors (Lipinski definition) is 1. The van der Waals surface area contributed by atoms with Gasteiger partial charge in [0, 0.05) is 5.39 Å². The van der Waals surface area contributed by atoms with Crippen LogP contribution >= 0.6 is 0 Å². The maximum atomic E-state index is 13.2. The van der Waals surface area contributed by atoms with Gasteiger partial charge in [0.25, 0.3) is 0 Å². The van der Waals surface area contributed by atoms with Gasteiger partial charge in [-0.2, -0.15) is 0 Å². The van der Waals surface area contributed by atoms with E-state index in [-0.39, 0.29) is 24.9 Å². The summed E-state index contributed by atoms with van der Waals surface area (Å²) >= 11 is 0. The summed E-state index contributed by atoms with van der Waals surface area (Å²) < 4.78 is 11.3. The molecule has 0 unspecified atom stereocenters. The molecule has 0 amide bonds. The van der Waals surface area contributed by atoms with Gasteiger partial charge in [-0.1, -0.05) is 48.0 Å². The van der Waals surface area contributed by atoms with Crippen LogP contribution in [-0.4, -0.2) is 29.3 Å². The summed E-state index contributed by atoms with van der Waals surface area (Å²) in [5.41, 5.74) is 6.34. The van der Waals surface area contributed by atoms with E-state index in [1.165, 1.54) is 0 Å². The van der Waals surface area contributed by atoms with Gasteiger partial charge in [-0.05, 0) is 72.9 Å². The molecular weight excluding hydrogens is 426 g/mol. The van der Waals surface area contributed by atoms with Crippen LogP contribution in [-0.2, 0) is 11.2 Å². The van der Waals surface area contributed by atoms with Gasteiger partial charge in [0.2, 0.25) is 0 Å². The summed E-state index contributed by atoms with van der Waals surface area (Å²) in [5.74, 6) is 0.628. The highest BCUT2D eigenvalue weighted by atomic mass is 16.6. The molecule has 3 aromatic carbocycles. The van der Waals surface area contributed by atoms with Crippen molar-refractivity contribution < 1.29 is 19.4 Å². The average molecular weight is 452 g/mol. The van der Waals surface area contributed by atoms with Gasteiger partial charge >= 0.3 is 5.97 Å². The number of aryl methyl sites for hydroxylation is 1. The van der Waals surface area contributed by atoms with E-state index in [1.54, 1.807) is 12.1 Å². The monoisotopic (exact) mass is 451 g/mol. The van der Waals surface area contributed by atoms with Crippen molar-refractivity contribution in [3.63, 3.8) is 0 Å². The lowest BCUT2D eigenvalue weighted by molar-refractivity contribution is 0.0451. The molecule has 1 aromatic heterocycles. The Morgan fingerprint density at radius 2 is 1.74 bits per heavy atom. The van der Waals surface area contributed by atoms with Gasteiger partial charge in [0.1, 0.15) is 24.7 Å². The Labute approximate surface area is 198 Å². The van der Waals surface area contributed by atoms with Crippen LogP contribution in [0.1, 0.15) is 39.2 Å². The van der Waals surface area contributed by atoms with Crippen molar-refractivity contribution in [3.8, 4) is 11.5 Å². The molecule has 1 aliphatic rings. The number of hydrogen-bond acceptors (Lipinski definition) is 5. The SMILES string of the molecule is Cc1ccc(OCCOC(=O)c2c3c(nc4ccccc24)C(=Cc2ccc(O)cc2)CC3)cc1. The molecule has 1 N–H and O–H groups in total. The van der Waals surface area contributed by atoms with Crippen LogP contribution in [0.25, 0.3) is 22.6 Å². The summed E-state index contributed by atoms with van der Waals surface area (Å²) in [6.07, 6.45) is 3.58. The first kappa shape index (κ1) is 21.7. The quantitative estimate of drug-likeness (QED) is 0.289. The van der Waals surface area contributed by atoms with E-state index in [0.717, 1.165) is 57.5 Å². The lowest BCUT2D eigenvalue weighted by Gasteiger charge is -2.13. The van der Waals surface area contributed by atoms with E-state index < -0.39 is 0 Å². The molecule has 0 atom stereocenters. The van der Waals surface area contributed by atoms with Crippen molar-refractivity contribution in [2.24, 2.45) is 0 Å². The molecule has 0 bridgehead atoms. The zero-order valence-electron chi connectivity index (χ0n) is 19.0. The Balaban J connectivity index is 1.40. The number of fused-ring (bicyclic) bond motifs is 2. The number of benzene rings is 3. The number of nitrogens with zero attached hydrogens (tertiary/aromatic N) is 1. The molecule has 0 aliphatic heterocycles. The first-order chi connectivity index (χ1) is 16.6. The Morgan fingerprint density at radius 3 is 2.53 bits per heavy atom. The van der Waals surface area contributed by atoms with Crippen molar-refractivity contribution >= 4 is 28.5 Å². The second kappa shape index (κ2) is 9.40. The molecule has 170 valence electrons. The molecule has 34 heavy (non-hydrogen) atoms. The van der Waals surface area contributed by atoms with Gasteiger partial charge in [-0.25, -0.2) is 9.78 Å². The second-order valence-electron chi connectivity index (χ2n) is 8.39. The number of para-hydroxylation sites is 1. The van der Waals surface area contributed by atoms with Gasteiger partial charge in [-0.15, -0.1) is 0 Å². The number of pyridine rings is 1. The number of esters is 1. The molecule has 0 spiro atoms. The molecule has 0 fully saturated rings. The molecule has 1 aliphatic carbocycles. The summed E-state index contributed by atoms with van der Waals surface area (Å²) in [5, 5.41) is 10.4. The lowest BCUT2D eigenvalue weighted by Crippen LogP contribution is -2.15. The normalized spacial score (nSPS) is 13.7. The van der Waals surface area contributed by atoms with Crippen LogP contribution in [0.2, 0.25) is 0 Å². The van der Waals surface area contributed by atoms with Crippen LogP contribution in [0.5, 0.6) is 11.5 Å². The van der Waals surface area contributed by atoms with Gasteiger partial charge in [0.15, 0.2) is 0 Å². The molecule has 5 nitrogen and oxygen atoms in total. The Kier molecular flexibility index (Phi) is 6.00. The van der Waals surface area contributed by atoms with Crippen molar-refractivity contribution in [3.05, 3.63) is 101 Å². The predicted octanol–water partition coefficient (Wildman–Crippen LogP) is 5.97. The van der Waals surface area contributed by atoms with E-state index in [2.05, 4.69) is 6.08 Å². The number of phenols is 1. The number of aromatic hydroxyl groups is 1. The lowest BCUT2D eigenvalue weighted by atomic mass is 10.0. The van der Waals surface area contributed by atoms with Crippen molar-refractivity contribution in [2.75, 3.05) is 13.2 Å². The van der Waals surface area contributed by atoms with Gasteiger partial charge in [-0.3, -0.25) is 0 Å². The number of allylic oxidation sites excluding steroid dienone is 1. The average Bonchev–Trinajstić information content (AvgIpc) is 3.24. The molecule has 0 saturated heterocycles. The minimum Gasteiger partial charge on any atom is -0.508 e. The topological polar surface area (TPSA) is 68.7 Å². The molecular formula is C29H25NO4. The van der Waals surface area contributed by atoms with Crippen LogP contribution < -0.4 is 4.74 Å². The van der Waals surface area contributed by atoms with Crippen molar-refractivity contribution in [1.29, 1.82) is 0 Å². The van der Waals surface area contributed by atoms with Crippen LogP contribution in [0.15, 0.2) is 72.8 Å². The summed E-state index contributed by atoms with van der Waals surface area (Å²) in [4.78, 5) is 18.1. The van der Waals surface area contributed by atoms with E-state index in [4.69, 9.17) is 14.5 Å². The molecule has 5 heteroatoms. The van der Waals surface area contributed by atoms with E-state index in [9.17, 15) is 9.90 Å². The zero-order chi connectivity index (χ0) is 23.5. The minimum atomic E-state index is -0.353. The Bertz CT molecular complexity index is 1370. The highest BCUT2D eigenvalue weighted by molar-refractivity contribution is 6.07. The number of phenolic OH excluding ortho intramolecular Hbond substituents is 1. The second-order valence-corrected chi connectivity index (χ2v) is 8.39. The number of rotatable bonds is 6. The smallest absolute Gasteiger partial charge is 0.339 e. The third-order valence-corrected chi connectivity index (χ3v) is 5.99. The number of carbonyl (C=O) groups is 1. The van der Waals surface area contributed by atoms with E-state index >= 15 is 0 Å². The molecule has 4 aromatic rings. The van der Waals surface area contributed by atoms with E-state index in [1.807, 2.05) is 67.6 Å². The van der Waals surface area contributed by atoms with Crippen molar-refractivity contribution in [1.82, 2.24) is 4.98 Å². The maximum Gasteiger partial charge on any atom is 0.339 e.